The van der Waals surface area contributed by atoms with Crippen molar-refractivity contribution in [1.29, 1.82) is 0 Å². The van der Waals surface area contributed by atoms with Gasteiger partial charge in [-0.05, 0) is 73.4 Å². The largest absolute Gasteiger partial charge is 0.497 e. The summed E-state index contributed by atoms with van der Waals surface area (Å²) in [5, 5.41) is 16.2. The molecule has 13 heteroatoms. The first-order valence-electron chi connectivity index (χ1n) is 17.7. The predicted molar refractivity (Wildman–Crippen MR) is 194 cm³/mol. The van der Waals surface area contributed by atoms with Gasteiger partial charge in [0.2, 0.25) is 0 Å². The van der Waals surface area contributed by atoms with Crippen molar-refractivity contribution < 1.29 is 38.4 Å². The van der Waals surface area contributed by atoms with Crippen molar-refractivity contribution in [2.45, 2.75) is 56.8 Å². The Morgan fingerprint density at radius 2 is 1.56 bits per heavy atom. The number of rotatable bonds is 10. The van der Waals surface area contributed by atoms with Crippen molar-refractivity contribution in [2.24, 2.45) is 11.3 Å². The average molecular weight is 712 g/mol. The van der Waals surface area contributed by atoms with Gasteiger partial charge in [-0.1, -0.05) is 12.1 Å². The van der Waals surface area contributed by atoms with Crippen molar-refractivity contribution in [3.8, 4) is 28.7 Å². The van der Waals surface area contributed by atoms with Gasteiger partial charge in [-0.2, -0.15) is 0 Å². The molecule has 2 fully saturated rings. The molecule has 1 aliphatic carbocycles. The second-order valence-electron chi connectivity index (χ2n) is 14.7. The lowest BCUT2D eigenvalue weighted by atomic mass is 9.90. The quantitative estimate of drug-likeness (QED) is 0.200. The molecule has 52 heavy (non-hydrogen) atoms. The molecule has 8 rings (SSSR count). The number of hydrogen-bond acceptors (Lipinski definition) is 11. The number of aliphatic hydroxyl groups is 1. The van der Waals surface area contributed by atoms with E-state index in [1.165, 1.54) is 12.1 Å². The van der Waals surface area contributed by atoms with E-state index in [-0.39, 0.29) is 29.9 Å². The summed E-state index contributed by atoms with van der Waals surface area (Å²) < 4.78 is 28.9. The van der Waals surface area contributed by atoms with Gasteiger partial charge in [0.1, 0.15) is 5.75 Å². The average Bonchev–Trinajstić information content (AvgIpc) is 3.70. The standard InChI is InChI=1S/C39H45N5O8/c1-38-21-39(10-11-39)22-43(38)36(46)28-16-32(50-4)34(18-30(28)44(40)37(38)47)52-13-5-12-51-33-17-29-27(15-31(33)49-3)35(45)42-20-24(14-25(42)19-41-29)23-6-8-26(48-2)9-7-23/h6-9,15-18,20,25,37,41,47H,5,10-14,19,21-22,40H2,1-4H3/t25?,37-,38+/m1/s1. The Kier molecular flexibility index (Phi) is 8.37. The molecule has 1 spiro atoms. The third-order valence-corrected chi connectivity index (χ3v) is 11.4. The molecule has 0 radical (unpaired) electrons. The molecule has 3 atom stereocenters. The van der Waals surface area contributed by atoms with E-state index in [9.17, 15) is 14.7 Å². The summed E-state index contributed by atoms with van der Waals surface area (Å²) in [6.07, 6.45) is 4.90. The lowest BCUT2D eigenvalue weighted by Gasteiger charge is -2.39. The summed E-state index contributed by atoms with van der Waals surface area (Å²) in [5.74, 6) is 8.77. The van der Waals surface area contributed by atoms with E-state index in [1.54, 1.807) is 42.2 Å². The molecule has 13 nitrogen and oxygen atoms in total. The highest BCUT2D eigenvalue weighted by Gasteiger charge is 2.62. The number of nitrogens with two attached hydrogens (primary N) is 1. The molecule has 1 unspecified atom stereocenters. The first kappa shape index (κ1) is 34.0. The first-order chi connectivity index (χ1) is 25.1. The summed E-state index contributed by atoms with van der Waals surface area (Å²) in [6.45, 7) is 3.67. The number of hydrazine groups is 1. The molecule has 0 aromatic heterocycles. The van der Waals surface area contributed by atoms with Crippen LogP contribution in [0.4, 0.5) is 11.4 Å². The second-order valence-corrected chi connectivity index (χ2v) is 14.7. The topological polar surface area (TPSA) is 148 Å². The lowest BCUT2D eigenvalue weighted by Crippen LogP contribution is -2.59. The molecule has 1 saturated heterocycles. The van der Waals surface area contributed by atoms with Crippen LogP contribution in [-0.2, 0) is 0 Å². The van der Waals surface area contributed by atoms with Crippen LogP contribution in [0, 0.1) is 5.41 Å². The maximum Gasteiger partial charge on any atom is 0.260 e. The van der Waals surface area contributed by atoms with Crippen LogP contribution in [-0.4, -0.2) is 92.2 Å². The van der Waals surface area contributed by atoms with Gasteiger partial charge in [0, 0.05) is 37.8 Å². The Morgan fingerprint density at radius 1 is 0.885 bits per heavy atom. The summed E-state index contributed by atoms with van der Waals surface area (Å²) in [6, 6.07) is 14.7. The number of benzene rings is 3. The van der Waals surface area contributed by atoms with Crippen LogP contribution < -0.4 is 39.9 Å². The number of ether oxygens (including phenoxy) is 5. The van der Waals surface area contributed by atoms with E-state index in [0.717, 1.165) is 36.1 Å². The zero-order valence-electron chi connectivity index (χ0n) is 29.9. The van der Waals surface area contributed by atoms with E-state index in [4.69, 9.17) is 29.5 Å². The number of anilines is 2. The van der Waals surface area contributed by atoms with Gasteiger partial charge in [-0.15, -0.1) is 0 Å². The van der Waals surface area contributed by atoms with Crippen molar-refractivity contribution in [2.75, 3.05) is 58.0 Å². The Labute approximate surface area is 302 Å². The molecule has 1 saturated carbocycles. The SMILES string of the molecule is COc1ccc(C2=CN3C(=O)c4cc(OC)c(OCCCOc5cc6c(cc5OC)C(=O)N5CC7(CC7)C[C@@]5(C)[C@@H](O)N6N)cc4NCC3C2)cc1. The van der Waals surface area contributed by atoms with Crippen LogP contribution in [0.5, 0.6) is 28.7 Å². The summed E-state index contributed by atoms with van der Waals surface area (Å²) in [4.78, 5) is 31.2. The maximum absolute atomic E-state index is 13.8. The smallest absolute Gasteiger partial charge is 0.260 e. The normalized spacial score (nSPS) is 23.8. The van der Waals surface area contributed by atoms with Crippen LogP contribution in [0.2, 0.25) is 0 Å². The fourth-order valence-electron chi connectivity index (χ4n) is 8.27. The van der Waals surface area contributed by atoms with Gasteiger partial charge >= 0.3 is 0 Å². The predicted octanol–water partition coefficient (Wildman–Crippen LogP) is 4.64. The highest BCUT2D eigenvalue weighted by molar-refractivity contribution is 6.03. The van der Waals surface area contributed by atoms with Gasteiger partial charge in [0.25, 0.3) is 11.8 Å². The second kappa shape index (κ2) is 12.8. The minimum absolute atomic E-state index is 0.0303. The maximum atomic E-state index is 13.8. The molecule has 3 aromatic carbocycles. The Bertz CT molecular complexity index is 1950. The third-order valence-electron chi connectivity index (χ3n) is 11.4. The molecule has 4 aliphatic heterocycles. The van der Waals surface area contributed by atoms with Gasteiger partial charge < -0.3 is 43.9 Å². The van der Waals surface area contributed by atoms with E-state index in [1.807, 2.05) is 43.5 Å². The number of nitrogens with one attached hydrogen (secondary N) is 1. The van der Waals surface area contributed by atoms with Crippen LogP contribution in [0.1, 0.15) is 65.3 Å². The molecule has 4 heterocycles. The monoisotopic (exact) mass is 711 g/mol. The number of methoxy groups -OCH3 is 3. The molecular weight excluding hydrogens is 666 g/mol. The summed E-state index contributed by atoms with van der Waals surface area (Å²) >= 11 is 0. The van der Waals surface area contributed by atoms with Gasteiger partial charge in [-0.3, -0.25) is 14.6 Å². The molecule has 5 aliphatic rings. The van der Waals surface area contributed by atoms with Crippen molar-refractivity contribution in [3.05, 3.63) is 71.4 Å². The minimum atomic E-state index is -1.09. The summed E-state index contributed by atoms with van der Waals surface area (Å²) in [7, 11) is 4.72. The van der Waals surface area contributed by atoms with Crippen LogP contribution in [0.3, 0.4) is 0 Å². The molecule has 274 valence electrons. The fraction of sp³-hybridized carbons (Fsp3) is 0.436. The molecule has 3 aromatic rings. The highest BCUT2D eigenvalue weighted by atomic mass is 16.5. The Hall–Kier alpha value is -5.14. The molecule has 0 bridgehead atoms. The number of aliphatic hydroxyl groups excluding tert-OH is 1. The molecule has 2 amide bonds. The molecular formula is C39H45N5O8. The Balaban J connectivity index is 0.928. The number of carbonyl (C=O) groups excluding carboxylic acids is 2. The van der Waals surface area contributed by atoms with E-state index < -0.39 is 11.8 Å². The van der Waals surface area contributed by atoms with Crippen molar-refractivity contribution >= 4 is 28.8 Å². The third kappa shape index (κ3) is 5.63. The zero-order valence-corrected chi connectivity index (χ0v) is 29.9. The number of fused-ring (bicyclic) bond motifs is 4. The zero-order chi connectivity index (χ0) is 36.4. The number of nitrogens with zero attached hydrogens (tertiary/aromatic N) is 3. The van der Waals surface area contributed by atoms with Gasteiger partial charge in [0.15, 0.2) is 29.2 Å². The highest BCUT2D eigenvalue weighted by Crippen LogP contribution is 2.60. The fourth-order valence-corrected chi connectivity index (χ4v) is 8.27. The van der Waals surface area contributed by atoms with E-state index in [0.29, 0.717) is 78.0 Å². The van der Waals surface area contributed by atoms with Crippen LogP contribution >= 0.6 is 0 Å². The lowest BCUT2D eigenvalue weighted by molar-refractivity contribution is 0.00878. The van der Waals surface area contributed by atoms with Crippen LogP contribution in [0.25, 0.3) is 5.57 Å². The van der Waals surface area contributed by atoms with Crippen LogP contribution in [0.15, 0.2) is 54.7 Å². The molecule has 4 N–H and O–H groups in total. The van der Waals surface area contributed by atoms with Gasteiger partial charge in [0.05, 0.1) is 68.6 Å². The summed E-state index contributed by atoms with van der Waals surface area (Å²) in [5.41, 5.74) is 3.37. The minimum Gasteiger partial charge on any atom is -0.497 e. The number of hydrogen-bond donors (Lipinski definition) is 3. The Morgan fingerprint density at radius 3 is 2.21 bits per heavy atom. The number of amides is 2. The van der Waals surface area contributed by atoms with Gasteiger partial charge in [-0.25, -0.2) is 5.84 Å². The van der Waals surface area contributed by atoms with E-state index >= 15 is 0 Å². The first-order valence-corrected chi connectivity index (χ1v) is 17.7. The van der Waals surface area contributed by atoms with E-state index in [2.05, 4.69) is 5.32 Å². The van der Waals surface area contributed by atoms with Crippen molar-refractivity contribution in [1.82, 2.24) is 9.80 Å². The van der Waals surface area contributed by atoms with Crippen molar-refractivity contribution in [3.63, 3.8) is 0 Å². The number of carbonyl (C=O) groups is 2.